The first-order valence-corrected chi connectivity index (χ1v) is 10.1. The lowest BCUT2D eigenvalue weighted by Crippen LogP contribution is -2.48. The monoisotopic (exact) mass is 455 g/mol. The molecule has 2 saturated heterocycles. The lowest BCUT2D eigenvalue weighted by molar-refractivity contribution is -0.137. The van der Waals surface area contributed by atoms with Crippen molar-refractivity contribution in [3.05, 3.63) is 35.2 Å². The van der Waals surface area contributed by atoms with E-state index in [2.05, 4.69) is 32.4 Å². The summed E-state index contributed by atoms with van der Waals surface area (Å²) in [6, 6.07) is 5.13. The normalized spacial score (nSPS) is 19.7. The topological polar surface area (TPSA) is 73.9 Å². The fourth-order valence-electron chi connectivity index (χ4n) is 4.75. The molecule has 1 aromatic heterocycles. The SMILES string of the molecule is CN1CCCC2(CCN(Cc3nnnn3-c3ccc(C#N)c(C(F)(F)F)c3)CC2)C1.Cl. The molecule has 0 saturated carbocycles. The van der Waals surface area contributed by atoms with E-state index in [9.17, 15) is 13.2 Å². The minimum Gasteiger partial charge on any atom is -0.306 e. The molecule has 168 valence electrons. The molecule has 1 spiro atoms. The van der Waals surface area contributed by atoms with E-state index in [-0.39, 0.29) is 18.1 Å². The Morgan fingerprint density at radius 1 is 1.16 bits per heavy atom. The molecule has 1 aromatic carbocycles. The van der Waals surface area contributed by atoms with Gasteiger partial charge in [0.15, 0.2) is 5.82 Å². The zero-order chi connectivity index (χ0) is 21.4. The van der Waals surface area contributed by atoms with Gasteiger partial charge in [0.1, 0.15) is 0 Å². The number of alkyl halides is 3. The van der Waals surface area contributed by atoms with Gasteiger partial charge in [-0.25, -0.2) is 0 Å². The molecule has 0 bridgehead atoms. The average Bonchev–Trinajstić information content (AvgIpc) is 3.17. The summed E-state index contributed by atoms with van der Waals surface area (Å²) in [6.45, 7) is 4.60. The van der Waals surface area contributed by atoms with E-state index in [1.54, 1.807) is 6.07 Å². The van der Waals surface area contributed by atoms with Crippen LogP contribution in [0.5, 0.6) is 0 Å². The van der Waals surface area contributed by atoms with Crippen LogP contribution in [0.4, 0.5) is 13.2 Å². The van der Waals surface area contributed by atoms with E-state index in [0.717, 1.165) is 51.2 Å². The maximum atomic E-state index is 13.3. The number of hydrogen-bond donors (Lipinski definition) is 0. The van der Waals surface area contributed by atoms with Crippen LogP contribution in [0.25, 0.3) is 5.69 Å². The van der Waals surface area contributed by atoms with Crippen molar-refractivity contribution in [3.8, 4) is 11.8 Å². The van der Waals surface area contributed by atoms with E-state index in [1.165, 1.54) is 23.6 Å². The predicted molar refractivity (Wildman–Crippen MR) is 110 cm³/mol. The van der Waals surface area contributed by atoms with Crippen molar-refractivity contribution < 1.29 is 13.2 Å². The average molecular weight is 456 g/mol. The molecule has 2 aliphatic heterocycles. The van der Waals surface area contributed by atoms with Crippen LogP contribution >= 0.6 is 12.4 Å². The van der Waals surface area contributed by atoms with E-state index in [1.807, 2.05) is 0 Å². The summed E-state index contributed by atoms with van der Waals surface area (Å²) >= 11 is 0. The second kappa shape index (κ2) is 9.10. The number of likely N-dealkylation sites (tertiary alicyclic amines) is 2. The van der Waals surface area contributed by atoms with Crippen molar-refractivity contribution in [1.82, 2.24) is 30.0 Å². The number of aromatic nitrogens is 4. The van der Waals surface area contributed by atoms with Gasteiger partial charge in [-0.05, 0) is 86.4 Å². The lowest BCUT2D eigenvalue weighted by Gasteiger charge is -2.46. The molecule has 0 aliphatic carbocycles. The third kappa shape index (κ3) is 5.00. The first kappa shape index (κ1) is 23.4. The van der Waals surface area contributed by atoms with Crippen molar-refractivity contribution in [3.63, 3.8) is 0 Å². The first-order chi connectivity index (χ1) is 14.3. The van der Waals surface area contributed by atoms with Gasteiger partial charge in [-0.3, -0.25) is 4.90 Å². The van der Waals surface area contributed by atoms with E-state index < -0.39 is 17.3 Å². The molecular weight excluding hydrogens is 431 g/mol. The Morgan fingerprint density at radius 2 is 1.90 bits per heavy atom. The van der Waals surface area contributed by atoms with Gasteiger partial charge in [0.05, 0.1) is 29.4 Å². The van der Waals surface area contributed by atoms with Crippen LogP contribution in [-0.4, -0.2) is 63.2 Å². The molecular formula is C20H25ClF3N7. The molecule has 0 amide bonds. The van der Waals surface area contributed by atoms with Crippen molar-refractivity contribution in [2.45, 2.75) is 38.4 Å². The van der Waals surface area contributed by atoms with Gasteiger partial charge in [0, 0.05) is 6.54 Å². The number of hydrogen-bond acceptors (Lipinski definition) is 6. The fraction of sp³-hybridized carbons (Fsp3) is 0.600. The Balaban J connectivity index is 0.00000272. The fourth-order valence-corrected chi connectivity index (χ4v) is 4.75. The molecule has 0 unspecified atom stereocenters. The van der Waals surface area contributed by atoms with Gasteiger partial charge in [-0.15, -0.1) is 17.5 Å². The third-order valence-electron chi connectivity index (χ3n) is 6.34. The molecule has 3 heterocycles. The molecule has 2 fully saturated rings. The van der Waals surface area contributed by atoms with E-state index in [0.29, 0.717) is 17.8 Å². The van der Waals surface area contributed by atoms with Gasteiger partial charge in [-0.2, -0.15) is 23.1 Å². The van der Waals surface area contributed by atoms with E-state index >= 15 is 0 Å². The lowest BCUT2D eigenvalue weighted by atomic mass is 9.72. The quantitative estimate of drug-likeness (QED) is 0.707. The van der Waals surface area contributed by atoms with Gasteiger partial charge >= 0.3 is 6.18 Å². The molecule has 7 nitrogen and oxygen atoms in total. The zero-order valence-electron chi connectivity index (χ0n) is 17.3. The minimum atomic E-state index is -4.62. The highest BCUT2D eigenvalue weighted by Gasteiger charge is 2.38. The molecule has 0 atom stereocenters. The Hall–Kier alpha value is -2.22. The molecule has 4 rings (SSSR count). The Labute approximate surface area is 185 Å². The number of piperidine rings is 2. The van der Waals surface area contributed by atoms with Gasteiger partial charge in [0.2, 0.25) is 0 Å². The van der Waals surface area contributed by atoms with Gasteiger partial charge < -0.3 is 4.90 Å². The predicted octanol–water partition coefficient (Wildman–Crippen LogP) is 3.28. The highest BCUT2D eigenvalue weighted by molar-refractivity contribution is 5.85. The number of benzene rings is 1. The Morgan fingerprint density at radius 3 is 2.55 bits per heavy atom. The third-order valence-corrected chi connectivity index (χ3v) is 6.34. The summed E-state index contributed by atoms with van der Waals surface area (Å²) in [7, 11) is 2.17. The second-order valence-corrected chi connectivity index (χ2v) is 8.46. The second-order valence-electron chi connectivity index (χ2n) is 8.46. The molecule has 11 heteroatoms. The van der Waals surface area contributed by atoms with Crippen LogP contribution in [-0.2, 0) is 12.7 Å². The van der Waals surface area contributed by atoms with Crippen LogP contribution in [0.2, 0.25) is 0 Å². The molecule has 0 radical (unpaired) electrons. The Bertz CT molecular complexity index is 945. The largest absolute Gasteiger partial charge is 0.417 e. The minimum absolute atomic E-state index is 0. The maximum absolute atomic E-state index is 13.3. The van der Waals surface area contributed by atoms with Crippen LogP contribution in [0.1, 0.15) is 42.6 Å². The van der Waals surface area contributed by atoms with Crippen molar-refractivity contribution in [2.75, 3.05) is 33.2 Å². The molecule has 2 aliphatic rings. The summed E-state index contributed by atoms with van der Waals surface area (Å²) in [5, 5.41) is 20.6. The number of rotatable bonds is 3. The van der Waals surface area contributed by atoms with Crippen LogP contribution < -0.4 is 0 Å². The summed E-state index contributed by atoms with van der Waals surface area (Å²) in [5.74, 6) is 0.490. The molecule has 31 heavy (non-hydrogen) atoms. The zero-order valence-corrected chi connectivity index (χ0v) is 18.1. The summed E-state index contributed by atoms with van der Waals surface area (Å²) < 4.78 is 41.3. The van der Waals surface area contributed by atoms with Crippen LogP contribution in [0, 0.1) is 16.7 Å². The van der Waals surface area contributed by atoms with Gasteiger partial charge in [-0.1, -0.05) is 0 Å². The van der Waals surface area contributed by atoms with Crippen LogP contribution in [0.15, 0.2) is 18.2 Å². The number of halogens is 4. The number of nitrogens with zero attached hydrogens (tertiary/aromatic N) is 7. The first-order valence-electron chi connectivity index (χ1n) is 10.1. The van der Waals surface area contributed by atoms with Crippen LogP contribution in [0.3, 0.4) is 0 Å². The van der Waals surface area contributed by atoms with E-state index in [4.69, 9.17) is 5.26 Å². The highest BCUT2D eigenvalue weighted by Crippen LogP contribution is 2.39. The number of tetrazole rings is 1. The van der Waals surface area contributed by atoms with Crippen molar-refractivity contribution in [1.29, 1.82) is 5.26 Å². The summed E-state index contributed by atoms with van der Waals surface area (Å²) in [5.41, 5.74) is -0.821. The summed E-state index contributed by atoms with van der Waals surface area (Å²) in [6.07, 6.45) is 0.0783. The van der Waals surface area contributed by atoms with Crippen molar-refractivity contribution >= 4 is 12.4 Å². The summed E-state index contributed by atoms with van der Waals surface area (Å²) in [4.78, 5) is 4.67. The number of nitriles is 1. The standard InChI is InChI=1S/C20H24F3N7.ClH/c1-28-8-2-5-19(14-28)6-9-29(10-7-19)13-18-25-26-27-30(18)16-4-3-15(12-24)17(11-16)20(21,22)23;/h3-4,11H,2,5-10,13-14H2,1H3;1H. The Kier molecular flexibility index (Phi) is 6.88. The van der Waals surface area contributed by atoms with Crippen molar-refractivity contribution in [2.24, 2.45) is 5.41 Å². The smallest absolute Gasteiger partial charge is 0.306 e. The molecule has 0 N–H and O–H groups in total. The maximum Gasteiger partial charge on any atom is 0.417 e. The van der Waals surface area contributed by atoms with Gasteiger partial charge in [0.25, 0.3) is 0 Å². The molecule has 2 aromatic rings. The highest BCUT2D eigenvalue weighted by atomic mass is 35.5.